The average molecular weight is 459 g/mol. The highest BCUT2D eigenvalue weighted by atomic mass is 16.5. The SMILES string of the molecule is C=C1[C@@H](O)CC[C@@]2(C)[C@H]1C[C@@H](O)C1=C3[C@@H](OC)C[C@H]([C@H](C)CC[C@@H](C)C(C)C)[C@@]3(C)CC[C@@H]12. The van der Waals surface area contributed by atoms with E-state index in [-0.39, 0.29) is 22.9 Å². The lowest BCUT2D eigenvalue weighted by Crippen LogP contribution is -2.53. The Morgan fingerprint density at radius 3 is 2.30 bits per heavy atom. The van der Waals surface area contributed by atoms with Crippen molar-refractivity contribution in [3.05, 3.63) is 23.3 Å². The second kappa shape index (κ2) is 9.10. The quantitative estimate of drug-likeness (QED) is 0.444. The molecule has 3 saturated carbocycles. The van der Waals surface area contributed by atoms with Gasteiger partial charge in [-0.2, -0.15) is 0 Å². The molecule has 4 rings (SSSR count). The van der Waals surface area contributed by atoms with Crippen molar-refractivity contribution >= 4 is 0 Å². The molecule has 2 N–H and O–H groups in total. The summed E-state index contributed by atoms with van der Waals surface area (Å²) in [5.41, 5.74) is 3.96. The van der Waals surface area contributed by atoms with Crippen molar-refractivity contribution < 1.29 is 14.9 Å². The van der Waals surface area contributed by atoms with Crippen LogP contribution in [0.3, 0.4) is 0 Å². The maximum atomic E-state index is 11.6. The first kappa shape index (κ1) is 25.5. The minimum absolute atomic E-state index is 0.0912. The number of hydrogen-bond donors (Lipinski definition) is 2. The van der Waals surface area contributed by atoms with Crippen molar-refractivity contribution in [2.75, 3.05) is 7.11 Å². The summed E-state index contributed by atoms with van der Waals surface area (Å²) in [5.74, 6) is 3.38. The molecule has 0 saturated heterocycles. The molecule has 0 aromatic heterocycles. The molecule has 10 atom stereocenters. The Bertz CT molecular complexity index is 783. The van der Waals surface area contributed by atoms with E-state index in [4.69, 9.17) is 4.74 Å². The van der Waals surface area contributed by atoms with Crippen molar-refractivity contribution in [2.24, 2.45) is 46.3 Å². The molecule has 3 fully saturated rings. The minimum Gasteiger partial charge on any atom is -0.389 e. The lowest BCUT2D eigenvalue weighted by Gasteiger charge is -2.58. The maximum Gasteiger partial charge on any atom is 0.0793 e. The van der Waals surface area contributed by atoms with Gasteiger partial charge in [0, 0.05) is 7.11 Å². The van der Waals surface area contributed by atoms with Crippen LogP contribution >= 0.6 is 0 Å². The van der Waals surface area contributed by atoms with E-state index in [9.17, 15) is 10.2 Å². The fourth-order valence-electron chi connectivity index (χ4n) is 8.68. The Labute approximate surface area is 203 Å². The zero-order valence-electron chi connectivity index (χ0n) is 22.4. The van der Waals surface area contributed by atoms with Crippen LogP contribution in [0.2, 0.25) is 0 Å². The molecule has 0 unspecified atom stereocenters. The number of fused-ring (bicyclic) bond motifs is 4. The van der Waals surface area contributed by atoms with Gasteiger partial charge in [0.05, 0.1) is 18.3 Å². The number of methoxy groups -OCH3 is 1. The lowest BCUT2D eigenvalue weighted by molar-refractivity contribution is -0.0340. The topological polar surface area (TPSA) is 49.7 Å². The Morgan fingerprint density at radius 1 is 0.970 bits per heavy atom. The molecule has 3 heteroatoms. The maximum absolute atomic E-state index is 11.6. The van der Waals surface area contributed by atoms with E-state index in [0.29, 0.717) is 24.2 Å². The van der Waals surface area contributed by atoms with Crippen molar-refractivity contribution in [1.29, 1.82) is 0 Å². The predicted molar refractivity (Wildman–Crippen MR) is 136 cm³/mol. The molecule has 0 aromatic carbocycles. The summed E-state index contributed by atoms with van der Waals surface area (Å²) in [6.45, 7) is 18.7. The zero-order valence-corrected chi connectivity index (χ0v) is 22.4. The summed E-state index contributed by atoms with van der Waals surface area (Å²) in [7, 11) is 1.87. The van der Waals surface area contributed by atoms with Gasteiger partial charge in [0.25, 0.3) is 0 Å². The summed E-state index contributed by atoms with van der Waals surface area (Å²) >= 11 is 0. The van der Waals surface area contributed by atoms with E-state index in [1.54, 1.807) is 0 Å². The molecule has 4 aliphatic rings. The standard InChI is InChI=1S/C30H50O3/c1-17(2)18(3)9-10-19(4)22-16-26(33-8)28-27-21(11-13-30(22,28)7)29(6)14-12-24(31)20(5)23(29)15-25(27)32/h17-19,21-26,31-32H,5,9-16H2,1-4,6-8H3/t18-,19-,21+,22-,23+,24+,25-,26+,29-,30-/m1/s1. The molecular formula is C30H50O3. The monoisotopic (exact) mass is 458 g/mol. The van der Waals surface area contributed by atoms with Crippen LogP contribution in [0.5, 0.6) is 0 Å². The van der Waals surface area contributed by atoms with Crippen LogP contribution < -0.4 is 0 Å². The summed E-state index contributed by atoms with van der Waals surface area (Å²) < 4.78 is 6.17. The van der Waals surface area contributed by atoms with Gasteiger partial charge in [0.2, 0.25) is 0 Å². The van der Waals surface area contributed by atoms with Crippen LogP contribution in [0.15, 0.2) is 23.3 Å². The van der Waals surface area contributed by atoms with E-state index in [1.807, 2.05) is 7.11 Å². The van der Waals surface area contributed by atoms with Crippen LogP contribution in [0, 0.1) is 46.3 Å². The van der Waals surface area contributed by atoms with Gasteiger partial charge in [-0.15, -0.1) is 0 Å². The molecule has 188 valence electrons. The molecule has 0 spiro atoms. The fourth-order valence-corrected chi connectivity index (χ4v) is 8.68. The summed E-state index contributed by atoms with van der Waals surface area (Å²) in [6, 6.07) is 0. The smallest absolute Gasteiger partial charge is 0.0793 e. The van der Waals surface area contributed by atoms with E-state index < -0.39 is 12.2 Å². The first-order valence-electron chi connectivity index (χ1n) is 13.8. The molecular weight excluding hydrogens is 408 g/mol. The highest BCUT2D eigenvalue weighted by Gasteiger charge is 2.60. The van der Waals surface area contributed by atoms with Gasteiger partial charge in [-0.1, -0.05) is 61.0 Å². The summed E-state index contributed by atoms with van der Waals surface area (Å²) in [6.07, 6.45) is 7.83. The van der Waals surface area contributed by atoms with Gasteiger partial charge in [0.1, 0.15) is 0 Å². The number of aliphatic hydroxyl groups is 2. The first-order valence-corrected chi connectivity index (χ1v) is 13.8. The molecule has 3 nitrogen and oxygen atoms in total. The predicted octanol–water partition coefficient (Wildman–Crippen LogP) is 6.54. The molecule has 0 aliphatic heterocycles. The second-order valence-electron chi connectivity index (χ2n) is 13.2. The Balaban J connectivity index is 1.68. The van der Waals surface area contributed by atoms with Gasteiger partial charge in [-0.25, -0.2) is 0 Å². The number of hydrogen-bond acceptors (Lipinski definition) is 3. The largest absolute Gasteiger partial charge is 0.389 e. The molecule has 0 radical (unpaired) electrons. The highest BCUT2D eigenvalue weighted by Crippen LogP contribution is 2.66. The summed E-state index contributed by atoms with van der Waals surface area (Å²) in [4.78, 5) is 0. The van der Waals surface area contributed by atoms with E-state index in [2.05, 4.69) is 48.1 Å². The van der Waals surface area contributed by atoms with Crippen molar-refractivity contribution in [1.82, 2.24) is 0 Å². The molecule has 0 heterocycles. The van der Waals surface area contributed by atoms with Crippen LogP contribution in [0.4, 0.5) is 0 Å². The first-order chi connectivity index (χ1) is 15.5. The van der Waals surface area contributed by atoms with Gasteiger partial charge in [-0.3, -0.25) is 0 Å². The van der Waals surface area contributed by atoms with E-state index in [1.165, 1.54) is 30.4 Å². The minimum atomic E-state index is -0.433. The van der Waals surface area contributed by atoms with E-state index >= 15 is 0 Å². The normalized spacial score (nSPS) is 45.0. The Kier molecular flexibility index (Phi) is 7.02. The second-order valence-corrected chi connectivity index (χ2v) is 13.2. The number of rotatable bonds is 6. The van der Waals surface area contributed by atoms with Gasteiger partial charge < -0.3 is 14.9 Å². The number of ether oxygens (including phenoxy) is 1. The van der Waals surface area contributed by atoms with Crippen LogP contribution in [-0.4, -0.2) is 35.6 Å². The lowest BCUT2D eigenvalue weighted by atomic mass is 9.47. The van der Waals surface area contributed by atoms with Crippen molar-refractivity contribution in [3.63, 3.8) is 0 Å². The third kappa shape index (κ3) is 3.99. The highest BCUT2D eigenvalue weighted by molar-refractivity contribution is 5.41. The van der Waals surface area contributed by atoms with Crippen molar-refractivity contribution in [3.8, 4) is 0 Å². The average Bonchev–Trinajstić information content (AvgIpc) is 3.08. The van der Waals surface area contributed by atoms with Crippen molar-refractivity contribution in [2.45, 2.75) is 111 Å². The van der Waals surface area contributed by atoms with Gasteiger partial charge in [-0.05, 0) is 102 Å². The number of aliphatic hydroxyl groups excluding tert-OH is 2. The van der Waals surface area contributed by atoms with Crippen LogP contribution in [0.1, 0.15) is 92.9 Å². The third-order valence-corrected chi connectivity index (χ3v) is 11.3. The van der Waals surface area contributed by atoms with Gasteiger partial charge >= 0.3 is 0 Å². The molecule has 0 aromatic rings. The summed E-state index contributed by atoms with van der Waals surface area (Å²) in [5, 5.41) is 22.1. The molecule has 4 aliphatic carbocycles. The Hall–Kier alpha value is -0.640. The van der Waals surface area contributed by atoms with Crippen LogP contribution in [0.25, 0.3) is 0 Å². The Morgan fingerprint density at radius 2 is 1.67 bits per heavy atom. The third-order valence-electron chi connectivity index (χ3n) is 11.3. The zero-order chi connectivity index (χ0) is 24.3. The van der Waals surface area contributed by atoms with Gasteiger partial charge in [0.15, 0.2) is 0 Å². The van der Waals surface area contributed by atoms with E-state index in [0.717, 1.165) is 43.1 Å². The molecule has 33 heavy (non-hydrogen) atoms. The molecule has 0 amide bonds. The molecule has 0 bridgehead atoms. The van der Waals surface area contributed by atoms with Crippen LogP contribution in [-0.2, 0) is 4.74 Å². The fraction of sp³-hybridized carbons (Fsp3) is 0.867.